The van der Waals surface area contributed by atoms with Crippen LogP contribution in [0.5, 0.6) is 0 Å². The summed E-state index contributed by atoms with van der Waals surface area (Å²) in [7, 11) is 0. The van der Waals surface area contributed by atoms with E-state index in [-0.39, 0.29) is 0 Å². The minimum atomic E-state index is -1.71. The number of hydrogen-bond donors (Lipinski definition) is 2. The van der Waals surface area contributed by atoms with Crippen LogP contribution in [-0.4, -0.2) is 17.2 Å². The smallest absolute Gasteiger partial charge is 0.244 e. The first kappa shape index (κ1) is 14.9. The van der Waals surface area contributed by atoms with E-state index in [1.165, 1.54) is 6.92 Å². The van der Waals surface area contributed by atoms with Gasteiger partial charge in [0.15, 0.2) is 11.3 Å². The molecule has 0 aliphatic rings. The molecular weight excluding hydrogens is 264 g/mol. The highest BCUT2D eigenvalue weighted by atomic mass is 16.2. The molecule has 1 amide bonds. The molecule has 2 aromatic carbocycles. The molecule has 2 aromatic rings. The molecule has 0 aromatic heterocycles. The lowest BCUT2D eigenvalue weighted by atomic mass is 9.79. The molecule has 0 spiro atoms. The fourth-order valence-electron chi connectivity index (χ4n) is 2.21. The molecule has 4 nitrogen and oxygen atoms in total. The van der Waals surface area contributed by atoms with Crippen molar-refractivity contribution in [2.75, 3.05) is 0 Å². The Hall–Kier alpha value is -2.46. The molecule has 0 saturated carbocycles. The summed E-state index contributed by atoms with van der Waals surface area (Å²) in [6.45, 7) is 1.36. The highest BCUT2D eigenvalue weighted by Crippen LogP contribution is 2.28. The van der Waals surface area contributed by atoms with E-state index in [0.29, 0.717) is 0 Å². The first-order chi connectivity index (χ1) is 9.94. The van der Waals surface area contributed by atoms with E-state index in [1.807, 2.05) is 60.7 Å². The largest absolute Gasteiger partial charge is 0.368 e. The molecule has 0 radical (unpaired) electrons. The molecule has 0 aliphatic carbocycles. The third kappa shape index (κ3) is 3.01. The summed E-state index contributed by atoms with van der Waals surface area (Å²) >= 11 is 0. The maximum atomic E-state index is 12.8. The minimum absolute atomic E-state index is 0.410. The summed E-state index contributed by atoms with van der Waals surface area (Å²) in [6.07, 6.45) is 0. The van der Waals surface area contributed by atoms with Gasteiger partial charge in [0.1, 0.15) is 0 Å². The van der Waals surface area contributed by atoms with Crippen LogP contribution in [0.25, 0.3) is 0 Å². The van der Waals surface area contributed by atoms with Crippen molar-refractivity contribution in [1.82, 2.24) is 0 Å². The standard InChI is InChI=1S/C17H18N2O2/c1-17(19,16(18)21)15(20)14(12-8-4-2-5-9-12)13-10-6-3-7-11-13/h2-11,14H,19H2,1H3,(H2,18,21)/t17-/m1/s1. The fourth-order valence-corrected chi connectivity index (χ4v) is 2.21. The molecule has 0 heterocycles. The molecule has 0 saturated heterocycles. The highest BCUT2D eigenvalue weighted by Gasteiger charge is 2.40. The lowest BCUT2D eigenvalue weighted by Gasteiger charge is -2.26. The molecule has 0 bridgehead atoms. The number of ketones is 1. The van der Waals surface area contributed by atoms with Crippen molar-refractivity contribution in [2.24, 2.45) is 11.5 Å². The van der Waals surface area contributed by atoms with E-state index < -0.39 is 23.1 Å². The Kier molecular flexibility index (Phi) is 4.19. The normalized spacial score (nSPS) is 13.7. The summed E-state index contributed by atoms with van der Waals surface area (Å²) in [6, 6.07) is 18.5. The highest BCUT2D eigenvalue weighted by molar-refractivity contribution is 6.12. The molecule has 4 heteroatoms. The van der Waals surface area contributed by atoms with Gasteiger partial charge >= 0.3 is 0 Å². The number of rotatable bonds is 5. The van der Waals surface area contributed by atoms with Crippen LogP contribution in [0.15, 0.2) is 60.7 Å². The number of carbonyl (C=O) groups excluding carboxylic acids is 2. The molecule has 0 fully saturated rings. The number of Topliss-reactive ketones (excluding diaryl/α,β-unsaturated/α-hetero) is 1. The predicted octanol–water partition coefficient (Wildman–Crippen LogP) is 1.59. The van der Waals surface area contributed by atoms with Gasteiger partial charge in [0.2, 0.25) is 5.91 Å². The van der Waals surface area contributed by atoms with Crippen molar-refractivity contribution in [3.63, 3.8) is 0 Å². The molecule has 1 atom stereocenters. The van der Waals surface area contributed by atoms with Crippen LogP contribution in [0.3, 0.4) is 0 Å². The zero-order valence-corrected chi connectivity index (χ0v) is 11.8. The van der Waals surface area contributed by atoms with Gasteiger partial charge in [-0.2, -0.15) is 0 Å². The monoisotopic (exact) mass is 282 g/mol. The average Bonchev–Trinajstić information content (AvgIpc) is 2.49. The minimum Gasteiger partial charge on any atom is -0.368 e. The Labute approximate surface area is 123 Å². The summed E-state index contributed by atoms with van der Waals surface area (Å²) in [5.41, 5.74) is 11.0. The van der Waals surface area contributed by atoms with E-state index >= 15 is 0 Å². The number of benzene rings is 2. The predicted molar refractivity (Wildman–Crippen MR) is 81.5 cm³/mol. The van der Waals surface area contributed by atoms with Gasteiger partial charge in [-0.25, -0.2) is 0 Å². The number of hydrogen-bond acceptors (Lipinski definition) is 3. The second kappa shape index (κ2) is 5.89. The van der Waals surface area contributed by atoms with Crippen LogP contribution in [0.1, 0.15) is 24.0 Å². The lowest BCUT2D eigenvalue weighted by Crippen LogP contribution is -2.57. The molecule has 0 aliphatic heterocycles. The first-order valence-corrected chi connectivity index (χ1v) is 6.67. The van der Waals surface area contributed by atoms with Crippen molar-refractivity contribution in [2.45, 2.75) is 18.4 Å². The molecule has 0 unspecified atom stereocenters. The van der Waals surface area contributed by atoms with Crippen molar-refractivity contribution in [3.8, 4) is 0 Å². The van der Waals surface area contributed by atoms with Crippen LogP contribution in [0, 0.1) is 0 Å². The SMILES string of the molecule is C[C@](N)(C(N)=O)C(=O)C(c1ccccc1)c1ccccc1. The Morgan fingerprint density at radius 3 is 1.62 bits per heavy atom. The summed E-state index contributed by atoms with van der Waals surface area (Å²) < 4.78 is 0. The quantitative estimate of drug-likeness (QED) is 0.816. The van der Waals surface area contributed by atoms with Crippen LogP contribution >= 0.6 is 0 Å². The van der Waals surface area contributed by atoms with Crippen LogP contribution in [0.2, 0.25) is 0 Å². The number of carbonyl (C=O) groups is 2. The van der Waals surface area contributed by atoms with E-state index in [2.05, 4.69) is 0 Å². The summed E-state index contributed by atoms with van der Waals surface area (Å²) in [5.74, 6) is -1.85. The Morgan fingerprint density at radius 2 is 1.29 bits per heavy atom. The lowest BCUT2D eigenvalue weighted by molar-refractivity contribution is -0.133. The molecule has 21 heavy (non-hydrogen) atoms. The van der Waals surface area contributed by atoms with E-state index in [1.54, 1.807) is 0 Å². The van der Waals surface area contributed by atoms with Gasteiger partial charge in [-0.15, -0.1) is 0 Å². The second-order valence-electron chi connectivity index (χ2n) is 5.19. The van der Waals surface area contributed by atoms with Crippen LogP contribution < -0.4 is 11.5 Å². The third-order valence-electron chi connectivity index (χ3n) is 3.55. The second-order valence-corrected chi connectivity index (χ2v) is 5.19. The molecule has 4 N–H and O–H groups in total. The summed E-state index contributed by atoms with van der Waals surface area (Å²) in [5, 5.41) is 0. The molecular formula is C17H18N2O2. The zero-order chi connectivity index (χ0) is 15.5. The first-order valence-electron chi connectivity index (χ1n) is 6.67. The van der Waals surface area contributed by atoms with Gasteiger partial charge in [0.05, 0.1) is 5.92 Å². The zero-order valence-electron chi connectivity index (χ0n) is 11.8. The average molecular weight is 282 g/mol. The van der Waals surface area contributed by atoms with E-state index in [9.17, 15) is 9.59 Å². The Balaban J connectivity index is 2.53. The third-order valence-corrected chi connectivity index (χ3v) is 3.55. The van der Waals surface area contributed by atoms with Crippen LogP contribution in [-0.2, 0) is 9.59 Å². The Bertz CT molecular complexity index is 597. The van der Waals surface area contributed by atoms with Crippen molar-refractivity contribution < 1.29 is 9.59 Å². The van der Waals surface area contributed by atoms with Crippen molar-refractivity contribution in [3.05, 3.63) is 71.8 Å². The van der Waals surface area contributed by atoms with E-state index in [4.69, 9.17) is 11.5 Å². The molecule has 2 rings (SSSR count). The van der Waals surface area contributed by atoms with Gasteiger partial charge < -0.3 is 11.5 Å². The van der Waals surface area contributed by atoms with Crippen LogP contribution in [0.4, 0.5) is 0 Å². The number of primary amides is 1. The van der Waals surface area contributed by atoms with Crippen molar-refractivity contribution in [1.29, 1.82) is 0 Å². The Morgan fingerprint density at radius 1 is 0.905 bits per heavy atom. The number of nitrogens with two attached hydrogens (primary N) is 2. The van der Waals surface area contributed by atoms with Gasteiger partial charge in [-0.3, -0.25) is 9.59 Å². The maximum absolute atomic E-state index is 12.8. The van der Waals surface area contributed by atoms with Gasteiger partial charge in [0.25, 0.3) is 0 Å². The van der Waals surface area contributed by atoms with Gasteiger partial charge in [0, 0.05) is 0 Å². The number of amides is 1. The van der Waals surface area contributed by atoms with E-state index in [0.717, 1.165) is 11.1 Å². The fraction of sp³-hybridized carbons (Fsp3) is 0.176. The van der Waals surface area contributed by atoms with Crippen molar-refractivity contribution >= 4 is 11.7 Å². The van der Waals surface area contributed by atoms with Gasteiger partial charge in [-0.05, 0) is 18.1 Å². The molecule has 108 valence electrons. The summed E-state index contributed by atoms with van der Waals surface area (Å²) in [4.78, 5) is 24.3. The van der Waals surface area contributed by atoms with Gasteiger partial charge in [-0.1, -0.05) is 60.7 Å². The topological polar surface area (TPSA) is 86.2 Å². The maximum Gasteiger partial charge on any atom is 0.244 e.